The van der Waals surface area contributed by atoms with Gasteiger partial charge in [-0.05, 0) is 49.9 Å². The highest BCUT2D eigenvalue weighted by Crippen LogP contribution is 2.25. The first-order valence-electron chi connectivity index (χ1n) is 11.7. The van der Waals surface area contributed by atoms with Crippen molar-refractivity contribution in [1.29, 1.82) is 0 Å². The lowest BCUT2D eigenvalue weighted by Crippen LogP contribution is -2.55. The van der Waals surface area contributed by atoms with Crippen LogP contribution in [0.25, 0.3) is 0 Å². The Bertz CT molecular complexity index is 1060. The average Bonchev–Trinajstić information content (AvgIpc) is 2.86. The van der Waals surface area contributed by atoms with Gasteiger partial charge in [0, 0.05) is 30.7 Å². The minimum Gasteiger partial charge on any atom is -0.351 e. The van der Waals surface area contributed by atoms with E-state index in [-0.39, 0.29) is 35.3 Å². The highest BCUT2D eigenvalue weighted by atomic mass is 32.2. The van der Waals surface area contributed by atoms with Gasteiger partial charge in [-0.15, -0.1) is 0 Å². The Hall–Kier alpha value is -2.71. The molecule has 2 amide bonds. The van der Waals surface area contributed by atoms with Crippen LogP contribution in [-0.4, -0.2) is 49.7 Å². The Morgan fingerprint density at radius 1 is 0.788 bits per heavy atom. The SMILES string of the molecule is O=C(N[C@@H]1CCCC[C@H]1NC(=O)C1CCCN(S(=O)(=O)c2ccccc2)C1)c1ccccc1. The van der Waals surface area contributed by atoms with Crippen molar-refractivity contribution in [3.63, 3.8) is 0 Å². The summed E-state index contributed by atoms with van der Waals surface area (Å²) in [6.45, 7) is 0.594. The number of amides is 2. The quantitative estimate of drug-likeness (QED) is 0.680. The molecule has 0 bridgehead atoms. The molecule has 8 heteroatoms. The summed E-state index contributed by atoms with van der Waals surface area (Å²) < 4.78 is 27.4. The largest absolute Gasteiger partial charge is 0.351 e. The van der Waals surface area contributed by atoms with Crippen LogP contribution < -0.4 is 10.6 Å². The first kappa shape index (κ1) is 23.4. The summed E-state index contributed by atoms with van der Waals surface area (Å²) in [5, 5.41) is 6.22. The van der Waals surface area contributed by atoms with Gasteiger partial charge in [0.25, 0.3) is 5.91 Å². The van der Waals surface area contributed by atoms with Crippen LogP contribution in [0.3, 0.4) is 0 Å². The Morgan fingerprint density at radius 3 is 2.06 bits per heavy atom. The number of rotatable bonds is 6. The first-order valence-corrected chi connectivity index (χ1v) is 13.1. The zero-order chi connectivity index (χ0) is 23.3. The lowest BCUT2D eigenvalue weighted by atomic mass is 9.89. The summed E-state index contributed by atoms with van der Waals surface area (Å²) in [5.74, 6) is -0.669. The summed E-state index contributed by atoms with van der Waals surface area (Å²) in [5.41, 5.74) is 0.599. The zero-order valence-electron chi connectivity index (χ0n) is 18.7. The summed E-state index contributed by atoms with van der Waals surface area (Å²) >= 11 is 0. The average molecular weight is 470 g/mol. The highest BCUT2D eigenvalue weighted by Gasteiger charge is 2.35. The van der Waals surface area contributed by atoms with Crippen molar-refractivity contribution in [3.8, 4) is 0 Å². The zero-order valence-corrected chi connectivity index (χ0v) is 19.5. The van der Waals surface area contributed by atoms with Crippen LogP contribution in [0, 0.1) is 5.92 Å². The van der Waals surface area contributed by atoms with E-state index in [1.165, 1.54) is 4.31 Å². The van der Waals surface area contributed by atoms with E-state index >= 15 is 0 Å². The Labute approximate surface area is 195 Å². The second-order valence-electron chi connectivity index (χ2n) is 8.86. The molecule has 3 atom stereocenters. The molecule has 2 aromatic rings. The summed E-state index contributed by atoms with van der Waals surface area (Å²) in [4.78, 5) is 26.0. The van der Waals surface area contributed by atoms with E-state index in [0.29, 0.717) is 24.9 Å². The van der Waals surface area contributed by atoms with Crippen LogP contribution >= 0.6 is 0 Å². The molecule has 0 aromatic heterocycles. The van der Waals surface area contributed by atoms with Crippen LogP contribution in [0.1, 0.15) is 48.9 Å². The molecule has 1 unspecified atom stereocenters. The van der Waals surface area contributed by atoms with E-state index in [2.05, 4.69) is 10.6 Å². The number of sulfonamides is 1. The normalized spacial score (nSPS) is 24.1. The van der Waals surface area contributed by atoms with Crippen molar-refractivity contribution in [2.24, 2.45) is 5.92 Å². The lowest BCUT2D eigenvalue weighted by Gasteiger charge is -2.36. The van der Waals surface area contributed by atoms with Gasteiger partial charge < -0.3 is 10.6 Å². The van der Waals surface area contributed by atoms with Crippen molar-refractivity contribution in [3.05, 3.63) is 66.2 Å². The standard InChI is InChI=1S/C25H31N3O4S/c29-24(19-10-3-1-4-11-19)26-22-15-7-8-16-23(22)27-25(30)20-12-9-17-28(18-20)33(31,32)21-13-5-2-6-14-21/h1-6,10-11,13-14,20,22-23H,7-9,12,15-18H2,(H,26,29)(H,27,30)/t20?,22-,23-/m1/s1. The minimum absolute atomic E-state index is 0.131. The number of hydrogen-bond acceptors (Lipinski definition) is 4. The van der Waals surface area contributed by atoms with Crippen LogP contribution in [0.2, 0.25) is 0 Å². The Balaban J connectivity index is 1.39. The van der Waals surface area contributed by atoms with Gasteiger partial charge in [0.05, 0.1) is 10.8 Å². The molecule has 2 aliphatic rings. The van der Waals surface area contributed by atoms with E-state index in [4.69, 9.17) is 0 Å². The van der Waals surface area contributed by atoms with Crippen LogP contribution in [-0.2, 0) is 14.8 Å². The van der Waals surface area contributed by atoms with Crippen LogP contribution in [0.15, 0.2) is 65.6 Å². The Morgan fingerprint density at radius 2 is 1.39 bits per heavy atom. The predicted molar refractivity (Wildman–Crippen MR) is 126 cm³/mol. The summed E-state index contributed by atoms with van der Waals surface area (Å²) in [7, 11) is -3.62. The third kappa shape index (κ3) is 5.62. The van der Waals surface area contributed by atoms with Gasteiger partial charge >= 0.3 is 0 Å². The van der Waals surface area contributed by atoms with E-state index < -0.39 is 15.9 Å². The monoisotopic (exact) mass is 469 g/mol. The first-order chi connectivity index (χ1) is 15.9. The van der Waals surface area contributed by atoms with E-state index in [9.17, 15) is 18.0 Å². The van der Waals surface area contributed by atoms with Crippen molar-refractivity contribution >= 4 is 21.8 Å². The molecule has 7 nitrogen and oxygen atoms in total. The van der Waals surface area contributed by atoms with E-state index in [1.54, 1.807) is 42.5 Å². The highest BCUT2D eigenvalue weighted by molar-refractivity contribution is 7.89. The molecular weight excluding hydrogens is 438 g/mol. The van der Waals surface area contributed by atoms with E-state index in [1.807, 2.05) is 18.2 Å². The molecule has 0 radical (unpaired) electrons. The fourth-order valence-corrected chi connectivity index (χ4v) is 6.28. The topological polar surface area (TPSA) is 95.6 Å². The fourth-order valence-electron chi connectivity index (χ4n) is 4.73. The van der Waals surface area contributed by atoms with Crippen molar-refractivity contribution < 1.29 is 18.0 Å². The van der Waals surface area contributed by atoms with Gasteiger partial charge in [-0.25, -0.2) is 8.42 Å². The van der Waals surface area contributed by atoms with Gasteiger partial charge in [0.15, 0.2) is 0 Å². The second-order valence-corrected chi connectivity index (χ2v) is 10.8. The fraction of sp³-hybridized carbons (Fsp3) is 0.440. The number of carbonyl (C=O) groups excluding carboxylic acids is 2. The molecule has 0 spiro atoms. The second kappa shape index (κ2) is 10.5. The van der Waals surface area contributed by atoms with Gasteiger partial charge in [0.1, 0.15) is 0 Å². The van der Waals surface area contributed by atoms with Crippen molar-refractivity contribution in [2.75, 3.05) is 13.1 Å². The molecule has 1 heterocycles. The van der Waals surface area contributed by atoms with Gasteiger partial charge in [0.2, 0.25) is 15.9 Å². The van der Waals surface area contributed by atoms with Crippen LogP contribution in [0.5, 0.6) is 0 Å². The van der Waals surface area contributed by atoms with E-state index in [0.717, 1.165) is 25.7 Å². The summed E-state index contributed by atoms with van der Waals surface area (Å²) in [6, 6.07) is 17.1. The third-order valence-electron chi connectivity index (χ3n) is 6.58. The third-order valence-corrected chi connectivity index (χ3v) is 8.46. The van der Waals surface area contributed by atoms with Crippen molar-refractivity contribution in [2.45, 2.75) is 55.5 Å². The number of hydrogen-bond donors (Lipinski definition) is 2. The molecule has 176 valence electrons. The Kier molecular flexibility index (Phi) is 7.45. The molecular formula is C25H31N3O4S. The maximum atomic E-state index is 13.1. The smallest absolute Gasteiger partial charge is 0.251 e. The lowest BCUT2D eigenvalue weighted by molar-refractivity contribution is -0.127. The molecule has 2 N–H and O–H groups in total. The minimum atomic E-state index is -3.62. The molecule has 1 aliphatic heterocycles. The van der Waals surface area contributed by atoms with Gasteiger partial charge in [-0.2, -0.15) is 4.31 Å². The number of piperidine rings is 1. The number of benzene rings is 2. The summed E-state index contributed by atoms with van der Waals surface area (Å²) in [6.07, 6.45) is 4.89. The maximum absolute atomic E-state index is 13.1. The van der Waals surface area contributed by atoms with Crippen molar-refractivity contribution in [1.82, 2.24) is 14.9 Å². The maximum Gasteiger partial charge on any atom is 0.251 e. The number of carbonyl (C=O) groups is 2. The van der Waals surface area contributed by atoms with Crippen LogP contribution in [0.4, 0.5) is 0 Å². The van der Waals surface area contributed by atoms with Gasteiger partial charge in [-0.1, -0.05) is 49.2 Å². The molecule has 33 heavy (non-hydrogen) atoms. The number of nitrogens with one attached hydrogen (secondary N) is 2. The molecule has 1 saturated heterocycles. The number of nitrogens with zero attached hydrogens (tertiary/aromatic N) is 1. The molecule has 4 rings (SSSR count). The van der Waals surface area contributed by atoms with Gasteiger partial charge in [-0.3, -0.25) is 9.59 Å². The molecule has 2 aromatic carbocycles. The molecule has 1 aliphatic carbocycles. The predicted octanol–water partition coefficient (Wildman–Crippen LogP) is 2.94. The molecule has 1 saturated carbocycles. The molecule has 2 fully saturated rings.